The van der Waals surface area contributed by atoms with E-state index in [4.69, 9.17) is 16.3 Å². The van der Waals surface area contributed by atoms with Gasteiger partial charge in [0.05, 0.1) is 12.1 Å². The number of rotatable bonds is 7. The highest BCUT2D eigenvalue weighted by Gasteiger charge is 2.28. The van der Waals surface area contributed by atoms with E-state index in [2.05, 4.69) is 5.32 Å². The molecule has 2 aromatic carbocycles. The Hall–Kier alpha value is -3.19. The van der Waals surface area contributed by atoms with Crippen molar-refractivity contribution < 1.29 is 23.9 Å². The van der Waals surface area contributed by atoms with Crippen molar-refractivity contribution in [3.8, 4) is 0 Å². The van der Waals surface area contributed by atoms with E-state index in [1.165, 1.54) is 11.8 Å². The first-order valence-corrected chi connectivity index (χ1v) is 9.86. The van der Waals surface area contributed by atoms with Crippen molar-refractivity contribution in [2.45, 2.75) is 39.0 Å². The maximum atomic E-state index is 12.3. The SMILES string of the molecule is C[C@H](OC(=O)c1ccc(CN2C(=O)CCC2=O)cc1)C(=O)NCc1ccc(Cl)cc1. The lowest BCUT2D eigenvalue weighted by atomic mass is 10.1. The maximum absolute atomic E-state index is 12.3. The second-order valence-electron chi connectivity index (χ2n) is 6.96. The molecule has 1 heterocycles. The summed E-state index contributed by atoms with van der Waals surface area (Å²) in [5.41, 5.74) is 1.87. The smallest absolute Gasteiger partial charge is 0.338 e. The normalized spacial score (nSPS) is 14.5. The van der Waals surface area contributed by atoms with E-state index in [0.717, 1.165) is 11.1 Å². The topological polar surface area (TPSA) is 92.8 Å². The average molecular weight is 429 g/mol. The zero-order valence-corrected chi connectivity index (χ0v) is 17.1. The van der Waals surface area contributed by atoms with Gasteiger partial charge in [-0.15, -0.1) is 0 Å². The van der Waals surface area contributed by atoms with Crippen LogP contribution in [0.1, 0.15) is 41.3 Å². The van der Waals surface area contributed by atoms with Crippen molar-refractivity contribution in [1.29, 1.82) is 0 Å². The van der Waals surface area contributed by atoms with Crippen LogP contribution in [0.2, 0.25) is 5.02 Å². The average Bonchev–Trinajstić information content (AvgIpc) is 3.05. The number of imide groups is 1. The third kappa shape index (κ3) is 5.45. The van der Waals surface area contributed by atoms with Gasteiger partial charge in [-0.25, -0.2) is 4.79 Å². The molecule has 7 nitrogen and oxygen atoms in total. The second-order valence-corrected chi connectivity index (χ2v) is 7.40. The third-order valence-corrected chi connectivity index (χ3v) is 4.97. The van der Waals surface area contributed by atoms with Gasteiger partial charge in [0.25, 0.3) is 5.91 Å². The fourth-order valence-corrected chi connectivity index (χ4v) is 3.07. The number of esters is 1. The molecule has 0 unspecified atom stereocenters. The molecule has 0 aliphatic carbocycles. The summed E-state index contributed by atoms with van der Waals surface area (Å²) in [5.74, 6) is -1.44. The molecular formula is C22H21ClN2O5. The zero-order valence-electron chi connectivity index (χ0n) is 16.4. The lowest BCUT2D eigenvalue weighted by molar-refractivity contribution is -0.139. The Morgan fingerprint density at radius 1 is 1.00 bits per heavy atom. The van der Waals surface area contributed by atoms with E-state index in [0.29, 0.717) is 11.6 Å². The van der Waals surface area contributed by atoms with Crippen molar-refractivity contribution in [3.63, 3.8) is 0 Å². The lowest BCUT2D eigenvalue weighted by Crippen LogP contribution is -2.35. The predicted molar refractivity (Wildman–Crippen MR) is 109 cm³/mol. The highest BCUT2D eigenvalue weighted by molar-refractivity contribution is 6.30. The zero-order chi connectivity index (χ0) is 21.7. The predicted octanol–water partition coefficient (Wildman–Crippen LogP) is 2.85. The van der Waals surface area contributed by atoms with E-state index in [9.17, 15) is 19.2 Å². The second kappa shape index (κ2) is 9.54. The molecule has 3 amide bonds. The van der Waals surface area contributed by atoms with Gasteiger partial charge >= 0.3 is 5.97 Å². The Labute approximate surface area is 179 Å². The fourth-order valence-electron chi connectivity index (χ4n) is 2.95. The Bertz CT molecular complexity index is 940. The highest BCUT2D eigenvalue weighted by atomic mass is 35.5. The number of benzene rings is 2. The van der Waals surface area contributed by atoms with Gasteiger partial charge in [-0.2, -0.15) is 0 Å². The van der Waals surface area contributed by atoms with Crippen LogP contribution in [0.3, 0.4) is 0 Å². The first-order chi connectivity index (χ1) is 14.3. The first-order valence-electron chi connectivity index (χ1n) is 9.49. The van der Waals surface area contributed by atoms with Gasteiger partial charge in [0, 0.05) is 24.4 Å². The molecule has 0 aromatic heterocycles. The maximum Gasteiger partial charge on any atom is 0.338 e. The first kappa shape index (κ1) is 21.5. The number of ether oxygens (including phenoxy) is 1. The number of halogens is 1. The minimum atomic E-state index is -0.968. The summed E-state index contributed by atoms with van der Waals surface area (Å²) in [7, 11) is 0. The Morgan fingerprint density at radius 3 is 2.17 bits per heavy atom. The van der Waals surface area contributed by atoms with E-state index < -0.39 is 18.0 Å². The van der Waals surface area contributed by atoms with Crippen LogP contribution in [0.25, 0.3) is 0 Å². The van der Waals surface area contributed by atoms with Crippen molar-refractivity contribution in [1.82, 2.24) is 10.2 Å². The standard InChI is InChI=1S/C22H21ClN2O5/c1-14(21(28)24-12-15-4-8-18(23)9-5-15)30-22(29)17-6-2-16(3-7-17)13-25-19(26)10-11-20(25)27/h2-9,14H,10-13H2,1H3,(H,24,28)/t14-/m0/s1. The van der Waals surface area contributed by atoms with E-state index >= 15 is 0 Å². The molecule has 1 aliphatic rings. The number of nitrogens with one attached hydrogen (secondary N) is 1. The van der Waals surface area contributed by atoms with Gasteiger partial charge in [-0.1, -0.05) is 35.9 Å². The highest BCUT2D eigenvalue weighted by Crippen LogP contribution is 2.17. The van der Waals surface area contributed by atoms with Crippen LogP contribution in [0.4, 0.5) is 0 Å². The molecule has 0 spiro atoms. The van der Waals surface area contributed by atoms with Crippen LogP contribution in [-0.2, 0) is 32.2 Å². The quantitative estimate of drug-likeness (QED) is 0.540. The van der Waals surface area contributed by atoms with Crippen LogP contribution < -0.4 is 5.32 Å². The monoisotopic (exact) mass is 428 g/mol. The number of nitrogens with zero attached hydrogens (tertiary/aromatic N) is 1. The van der Waals surface area contributed by atoms with Crippen molar-refractivity contribution in [2.75, 3.05) is 0 Å². The minimum absolute atomic E-state index is 0.177. The van der Waals surface area contributed by atoms with E-state index in [-0.39, 0.29) is 36.8 Å². The lowest BCUT2D eigenvalue weighted by Gasteiger charge is -2.15. The fraction of sp³-hybridized carbons (Fsp3) is 0.273. The van der Waals surface area contributed by atoms with Crippen LogP contribution in [0.15, 0.2) is 48.5 Å². The van der Waals surface area contributed by atoms with Crippen LogP contribution in [-0.4, -0.2) is 34.7 Å². The summed E-state index contributed by atoms with van der Waals surface area (Å²) in [4.78, 5) is 49.1. The molecule has 1 saturated heterocycles. The largest absolute Gasteiger partial charge is 0.449 e. The van der Waals surface area contributed by atoms with Crippen molar-refractivity contribution in [3.05, 3.63) is 70.2 Å². The molecule has 2 aromatic rings. The summed E-state index contributed by atoms with van der Waals surface area (Å²) in [5, 5.41) is 3.31. The summed E-state index contributed by atoms with van der Waals surface area (Å²) in [6.07, 6.45) is -0.494. The molecule has 0 bridgehead atoms. The number of hydrogen-bond donors (Lipinski definition) is 1. The number of carbonyl (C=O) groups is 4. The number of carbonyl (C=O) groups excluding carboxylic acids is 4. The molecule has 30 heavy (non-hydrogen) atoms. The molecule has 1 atom stereocenters. The molecule has 156 valence electrons. The molecule has 0 saturated carbocycles. The van der Waals surface area contributed by atoms with Gasteiger partial charge in [-0.05, 0) is 42.3 Å². The number of likely N-dealkylation sites (tertiary alicyclic amines) is 1. The molecule has 1 N–H and O–H groups in total. The summed E-state index contributed by atoms with van der Waals surface area (Å²) < 4.78 is 5.22. The van der Waals surface area contributed by atoms with Gasteiger partial charge in [0.15, 0.2) is 6.10 Å². The number of hydrogen-bond acceptors (Lipinski definition) is 5. The van der Waals surface area contributed by atoms with Crippen molar-refractivity contribution >= 4 is 35.3 Å². The Kier molecular flexibility index (Phi) is 6.84. The minimum Gasteiger partial charge on any atom is -0.449 e. The molecule has 8 heteroatoms. The van der Waals surface area contributed by atoms with Gasteiger partial charge in [0.2, 0.25) is 11.8 Å². The van der Waals surface area contributed by atoms with Gasteiger partial charge in [-0.3, -0.25) is 19.3 Å². The summed E-state index contributed by atoms with van der Waals surface area (Å²) >= 11 is 5.83. The van der Waals surface area contributed by atoms with E-state index in [1.807, 2.05) is 0 Å². The molecular weight excluding hydrogens is 408 g/mol. The number of amides is 3. The van der Waals surface area contributed by atoms with Crippen LogP contribution in [0, 0.1) is 0 Å². The van der Waals surface area contributed by atoms with E-state index in [1.54, 1.807) is 48.5 Å². The summed E-state index contributed by atoms with van der Waals surface area (Å²) in [6, 6.07) is 13.4. The molecule has 3 rings (SSSR count). The molecule has 1 aliphatic heterocycles. The van der Waals surface area contributed by atoms with Gasteiger partial charge in [0.1, 0.15) is 0 Å². The van der Waals surface area contributed by atoms with Gasteiger partial charge < -0.3 is 10.1 Å². The molecule has 0 radical (unpaired) electrons. The van der Waals surface area contributed by atoms with Crippen LogP contribution in [0.5, 0.6) is 0 Å². The van der Waals surface area contributed by atoms with Crippen molar-refractivity contribution in [2.24, 2.45) is 0 Å². The Morgan fingerprint density at radius 2 is 1.57 bits per heavy atom. The molecule has 1 fully saturated rings. The summed E-state index contributed by atoms with van der Waals surface area (Å²) in [6.45, 7) is 1.96. The van der Waals surface area contributed by atoms with Crippen LogP contribution >= 0.6 is 11.6 Å². The Balaban J connectivity index is 1.50. The third-order valence-electron chi connectivity index (χ3n) is 4.72.